The summed E-state index contributed by atoms with van der Waals surface area (Å²) in [5.41, 5.74) is 2.12. The first-order valence-electron chi connectivity index (χ1n) is 5.87. The first-order chi connectivity index (χ1) is 9.19. The van der Waals surface area contributed by atoms with E-state index in [2.05, 4.69) is 27.3 Å². The van der Waals surface area contributed by atoms with Gasteiger partial charge < -0.3 is 5.32 Å². The summed E-state index contributed by atoms with van der Waals surface area (Å²) in [4.78, 5) is 0. The maximum atomic E-state index is 13.4. The van der Waals surface area contributed by atoms with Crippen LogP contribution in [-0.4, -0.2) is 6.54 Å². The Hall–Kier alpha value is -1.86. The molecule has 2 nitrogen and oxygen atoms in total. The average Bonchev–Trinajstić information content (AvgIpc) is 2.40. The number of nitrogens with zero attached hydrogens (tertiary/aromatic N) is 1. The molecule has 1 N–H and O–H groups in total. The lowest BCUT2D eigenvalue weighted by Gasteiger charge is -2.08. The van der Waals surface area contributed by atoms with Crippen molar-refractivity contribution >= 4 is 21.6 Å². The van der Waals surface area contributed by atoms with E-state index in [-0.39, 0.29) is 5.82 Å². The van der Waals surface area contributed by atoms with Crippen molar-refractivity contribution in [2.75, 3.05) is 11.9 Å². The second kappa shape index (κ2) is 6.35. The van der Waals surface area contributed by atoms with E-state index < -0.39 is 0 Å². The lowest BCUT2D eigenvalue weighted by molar-refractivity contribution is 0.610. The maximum Gasteiger partial charge on any atom is 0.126 e. The second-order valence-corrected chi connectivity index (χ2v) is 5.02. The number of rotatable bonds is 4. The number of benzene rings is 2. The van der Waals surface area contributed by atoms with E-state index in [1.54, 1.807) is 24.3 Å². The van der Waals surface area contributed by atoms with Crippen molar-refractivity contribution in [2.24, 2.45) is 0 Å². The molecule has 2 rings (SSSR count). The normalized spacial score (nSPS) is 9.95. The lowest BCUT2D eigenvalue weighted by Crippen LogP contribution is -2.06. The Bertz CT molecular complexity index is 620. The molecule has 0 aliphatic carbocycles. The molecule has 0 bridgehead atoms. The van der Waals surface area contributed by atoms with Crippen molar-refractivity contribution in [3.05, 3.63) is 63.9 Å². The van der Waals surface area contributed by atoms with Gasteiger partial charge >= 0.3 is 0 Å². The molecule has 2 aromatic rings. The van der Waals surface area contributed by atoms with Gasteiger partial charge in [-0.1, -0.05) is 34.1 Å². The van der Waals surface area contributed by atoms with Crippen LogP contribution in [-0.2, 0) is 6.42 Å². The van der Waals surface area contributed by atoms with Gasteiger partial charge in [0.25, 0.3) is 0 Å². The summed E-state index contributed by atoms with van der Waals surface area (Å²) in [6.45, 7) is 0.613. The molecule has 0 spiro atoms. The minimum atomic E-state index is -0.184. The van der Waals surface area contributed by atoms with E-state index in [1.807, 2.05) is 12.1 Å². The third kappa shape index (κ3) is 3.80. The summed E-state index contributed by atoms with van der Waals surface area (Å²) in [6, 6.07) is 14.3. The second-order valence-electron chi connectivity index (χ2n) is 4.11. The Morgan fingerprint density at radius 1 is 1.21 bits per heavy atom. The van der Waals surface area contributed by atoms with Gasteiger partial charge in [-0.3, -0.25) is 0 Å². The zero-order valence-electron chi connectivity index (χ0n) is 10.2. The summed E-state index contributed by atoms with van der Waals surface area (Å²) in [5, 5.41) is 12.1. The van der Waals surface area contributed by atoms with Gasteiger partial charge in [-0.15, -0.1) is 0 Å². The van der Waals surface area contributed by atoms with Crippen LogP contribution in [0.15, 0.2) is 46.9 Å². The van der Waals surface area contributed by atoms with E-state index in [0.717, 1.165) is 10.2 Å². The minimum Gasteiger partial charge on any atom is -0.385 e. The number of nitriles is 1. The molecular formula is C15H12BrFN2. The lowest BCUT2D eigenvalue weighted by atomic mass is 10.1. The molecular weight excluding hydrogens is 307 g/mol. The highest BCUT2D eigenvalue weighted by Crippen LogP contribution is 2.19. The molecule has 4 heteroatoms. The van der Waals surface area contributed by atoms with Crippen molar-refractivity contribution in [2.45, 2.75) is 6.42 Å². The monoisotopic (exact) mass is 318 g/mol. The van der Waals surface area contributed by atoms with Gasteiger partial charge in [-0.25, -0.2) is 4.39 Å². The fraction of sp³-hybridized carbons (Fsp3) is 0.133. The molecule has 0 saturated carbocycles. The van der Waals surface area contributed by atoms with Gasteiger partial charge in [0, 0.05) is 16.7 Å². The number of hydrogen-bond acceptors (Lipinski definition) is 2. The van der Waals surface area contributed by atoms with E-state index in [9.17, 15) is 4.39 Å². The van der Waals surface area contributed by atoms with E-state index in [0.29, 0.717) is 24.1 Å². The first-order valence-corrected chi connectivity index (χ1v) is 6.66. The molecule has 0 radical (unpaired) electrons. The predicted octanol–water partition coefficient (Wildman–Crippen LogP) is 4.11. The fourth-order valence-corrected chi connectivity index (χ4v) is 2.29. The third-order valence-corrected chi connectivity index (χ3v) is 3.17. The van der Waals surface area contributed by atoms with E-state index in [4.69, 9.17) is 5.26 Å². The van der Waals surface area contributed by atoms with Gasteiger partial charge in [-0.05, 0) is 36.2 Å². The molecule has 2 aromatic carbocycles. The zero-order chi connectivity index (χ0) is 13.7. The summed E-state index contributed by atoms with van der Waals surface area (Å²) in [5.74, 6) is -0.184. The van der Waals surface area contributed by atoms with Crippen LogP contribution in [0.25, 0.3) is 0 Å². The van der Waals surface area contributed by atoms with E-state index >= 15 is 0 Å². The van der Waals surface area contributed by atoms with Crippen LogP contribution in [0.4, 0.5) is 10.1 Å². The van der Waals surface area contributed by atoms with Gasteiger partial charge in [0.2, 0.25) is 0 Å². The molecule has 0 aliphatic heterocycles. The van der Waals surface area contributed by atoms with Gasteiger partial charge in [0.1, 0.15) is 5.82 Å². The quantitative estimate of drug-likeness (QED) is 0.920. The topological polar surface area (TPSA) is 35.8 Å². The highest BCUT2D eigenvalue weighted by molar-refractivity contribution is 9.10. The Labute approximate surface area is 120 Å². The highest BCUT2D eigenvalue weighted by atomic mass is 79.9. The standard InChI is InChI=1S/C15H12BrFN2/c16-13-7-11(10-18)8-14(9-13)19-6-5-12-3-1-2-4-15(12)17/h1-4,7-9,19H,5-6H2. The maximum absolute atomic E-state index is 13.4. The molecule has 0 fully saturated rings. The number of hydrogen-bond donors (Lipinski definition) is 1. The minimum absolute atomic E-state index is 0.184. The summed E-state index contributed by atoms with van der Waals surface area (Å²) in [6.07, 6.45) is 0.598. The van der Waals surface area contributed by atoms with Crippen LogP contribution in [0.2, 0.25) is 0 Å². The summed E-state index contributed by atoms with van der Waals surface area (Å²) >= 11 is 3.35. The van der Waals surface area contributed by atoms with Crippen molar-refractivity contribution in [3.63, 3.8) is 0 Å². The largest absolute Gasteiger partial charge is 0.385 e. The van der Waals surface area contributed by atoms with Crippen LogP contribution in [0.1, 0.15) is 11.1 Å². The predicted molar refractivity (Wildman–Crippen MR) is 77.5 cm³/mol. The summed E-state index contributed by atoms with van der Waals surface area (Å²) in [7, 11) is 0. The fourth-order valence-electron chi connectivity index (χ4n) is 1.80. The molecule has 0 heterocycles. The molecule has 19 heavy (non-hydrogen) atoms. The Morgan fingerprint density at radius 2 is 2.00 bits per heavy atom. The molecule has 0 aromatic heterocycles. The Balaban J connectivity index is 1.98. The highest BCUT2D eigenvalue weighted by Gasteiger charge is 2.01. The van der Waals surface area contributed by atoms with Crippen molar-refractivity contribution < 1.29 is 4.39 Å². The summed E-state index contributed by atoms with van der Waals surface area (Å²) < 4.78 is 14.3. The molecule has 0 amide bonds. The molecule has 0 atom stereocenters. The molecule has 96 valence electrons. The van der Waals surface area contributed by atoms with Crippen molar-refractivity contribution in [1.82, 2.24) is 0 Å². The number of halogens is 2. The van der Waals surface area contributed by atoms with Crippen LogP contribution in [0.3, 0.4) is 0 Å². The van der Waals surface area contributed by atoms with Crippen molar-refractivity contribution in [1.29, 1.82) is 5.26 Å². The van der Waals surface area contributed by atoms with Gasteiger partial charge in [-0.2, -0.15) is 5.26 Å². The van der Waals surface area contributed by atoms with Crippen molar-refractivity contribution in [3.8, 4) is 6.07 Å². The SMILES string of the molecule is N#Cc1cc(Br)cc(NCCc2ccccc2F)c1. The number of nitrogens with one attached hydrogen (secondary N) is 1. The van der Waals surface area contributed by atoms with Crippen LogP contribution < -0.4 is 5.32 Å². The molecule has 0 unspecified atom stereocenters. The molecule has 0 aliphatic rings. The van der Waals surface area contributed by atoms with Crippen LogP contribution in [0, 0.1) is 17.1 Å². The third-order valence-electron chi connectivity index (χ3n) is 2.71. The van der Waals surface area contributed by atoms with Crippen LogP contribution in [0.5, 0.6) is 0 Å². The smallest absolute Gasteiger partial charge is 0.126 e. The average molecular weight is 319 g/mol. The Kier molecular flexibility index (Phi) is 4.53. The van der Waals surface area contributed by atoms with Gasteiger partial charge in [0.15, 0.2) is 0 Å². The zero-order valence-corrected chi connectivity index (χ0v) is 11.7. The first kappa shape index (κ1) is 13.6. The van der Waals surface area contributed by atoms with Crippen LogP contribution >= 0.6 is 15.9 Å². The van der Waals surface area contributed by atoms with Gasteiger partial charge in [0.05, 0.1) is 11.6 Å². The molecule has 0 saturated heterocycles. The number of anilines is 1. The Morgan fingerprint density at radius 3 is 2.74 bits per heavy atom. The van der Waals surface area contributed by atoms with E-state index in [1.165, 1.54) is 6.07 Å².